The molecule has 18 heavy (non-hydrogen) atoms. The van der Waals surface area contributed by atoms with Crippen LogP contribution in [0.3, 0.4) is 0 Å². The van der Waals surface area contributed by atoms with Crippen LogP contribution in [0.25, 0.3) is 0 Å². The normalized spacial score (nSPS) is 10.8. The lowest BCUT2D eigenvalue weighted by atomic mass is 10.2. The van der Waals surface area contributed by atoms with Crippen LogP contribution in [-0.2, 0) is 0 Å². The average Bonchev–Trinajstić information content (AvgIpc) is 2.33. The van der Waals surface area contributed by atoms with Crippen LogP contribution < -0.4 is 11.1 Å². The van der Waals surface area contributed by atoms with Crippen molar-refractivity contribution < 1.29 is 0 Å². The minimum Gasteiger partial charge on any atom is -0.260 e. The van der Waals surface area contributed by atoms with E-state index < -0.39 is 5.69 Å². The third-order valence-electron chi connectivity index (χ3n) is 1.94. The molecule has 0 saturated carbocycles. The summed E-state index contributed by atoms with van der Waals surface area (Å²) in [6, 6.07) is 5.13. The number of nitrogens with one attached hydrogen (secondary N) is 2. The molecule has 1 aromatic heterocycles. The molecule has 6 nitrogen and oxygen atoms in total. The van der Waals surface area contributed by atoms with Gasteiger partial charge in [-0.2, -0.15) is 15.2 Å². The van der Waals surface area contributed by atoms with E-state index in [0.717, 1.165) is 0 Å². The Morgan fingerprint density at radius 3 is 2.72 bits per heavy atom. The van der Waals surface area contributed by atoms with Gasteiger partial charge in [0.2, 0.25) is 0 Å². The van der Waals surface area contributed by atoms with Gasteiger partial charge in [-0.05, 0) is 12.1 Å². The molecule has 0 fully saturated rings. The highest BCUT2D eigenvalue weighted by molar-refractivity contribution is 6.38. The van der Waals surface area contributed by atoms with E-state index in [1.165, 1.54) is 12.4 Å². The zero-order valence-corrected chi connectivity index (χ0v) is 10.4. The summed E-state index contributed by atoms with van der Waals surface area (Å²) in [5.41, 5.74) is 2.56. The van der Waals surface area contributed by atoms with Gasteiger partial charge in [-0.3, -0.25) is 5.43 Å². The molecule has 0 bridgehead atoms. The van der Waals surface area contributed by atoms with E-state index in [4.69, 9.17) is 23.2 Å². The molecule has 0 aliphatic rings. The van der Waals surface area contributed by atoms with Crippen LogP contribution in [-0.4, -0.2) is 21.4 Å². The Balaban J connectivity index is 2.15. The van der Waals surface area contributed by atoms with Gasteiger partial charge in [0.15, 0.2) is 5.82 Å². The molecule has 2 rings (SSSR count). The largest absolute Gasteiger partial charge is 0.363 e. The number of anilines is 1. The molecule has 8 heteroatoms. The van der Waals surface area contributed by atoms with E-state index in [0.29, 0.717) is 15.6 Å². The molecule has 0 saturated heterocycles. The van der Waals surface area contributed by atoms with Crippen LogP contribution in [0.15, 0.2) is 34.3 Å². The SMILES string of the molecule is O=c1nc(N/N=C/c2c(Cl)cccc2Cl)cn[nH]1. The summed E-state index contributed by atoms with van der Waals surface area (Å²) in [6.45, 7) is 0. The average molecular weight is 284 g/mol. The highest BCUT2D eigenvalue weighted by Crippen LogP contribution is 2.22. The van der Waals surface area contributed by atoms with Gasteiger partial charge in [0.25, 0.3) is 0 Å². The number of nitrogens with zero attached hydrogens (tertiary/aromatic N) is 3. The lowest BCUT2D eigenvalue weighted by Crippen LogP contribution is -2.13. The highest BCUT2D eigenvalue weighted by Gasteiger charge is 2.01. The second-order valence-electron chi connectivity index (χ2n) is 3.18. The summed E-state index contributed by atoms with van der Waals surface area (Å²) in [5.74, 6) is 0.221. The minimum atomic E-state index is -0.564. The van der Waals surface area contributed by atoms with Crippen molar-refractivity contribution in [2.45, 2.75) is 0 Å². The first kappa shape index (κ1) is 12.5. The first-order chi connectivity index (χ1) is 8.66. The summed E-state index contributed by atoms with van der Waals surface area (Å²) in [7, 11) is 0. The molecule has 0 aliphatic heterocycles. The molecule has 1 heterocycles. The molecule has 92 valence electrons. The van der Waals surface area contributed by atoms with Gasteiger partial charge in [0.05, 0.1) is 22.5 Å². The maximum atomic E-state index is 10.9. The fourth-order valence-corrected chi connectivity index (χ4v) is 1.66. The second kappa shape index (κ2) is 5.61. The molecular weight excluding hydrogens is 277 g/mol. The minimum absolute atomic E-state index is 0.221. The number of H-pyrrole nitrogens is 1. The number of benzene rings is 1. The molecule has 2 N–H and O–H groups in total. The van der Waals surface area contributed by atoms with Crippen LogP contribution in [0.1, 0.15) is 5.56 Å². The number of aromatic amines is 1. The van der Waals surface area contributed by atoms with Crippen molar-refractivity contribution in [1.29, 1.82) is 0 Å². The molecule has 0 spiro atoms. The van der Waals surface area contributed by atoms with Crippen LogP contribution in [0.4, 0.5) is 5.82 Å². The predicted octanol–water partition coefficient (Wildman–Crippen LogP) is 1.92. The summed E-state index contributed by atoms with van der Waals surface area (Å²) in [6.07, 6.45) is 2.76. The fraction of sp³-hybridized carbons (Fsp3) is 0. The van der Waals surface area contributed by atoms with Crippen LogP contribution in [0.2, 0.25) is 10.0 Å². The Labute approximate surface area is 112 Å². The Morgan fingerprint density at radius 2 is 2.06 bits per heavy atom. The standard InChI is InChI=1S/C10H7Cl2N5O/c11-7-2-1-3-8(12)6(7)4-13-16-9-5-14-17-10(18)15-9/h1-5H,(H2,15,16,17,18)/b13-4+. The molecular formula is C10H7Cl2N5O. The first-order valence-corrected chi connectivity index (χ1v) is 5.57. The van der Waals surface area contributed by atoms with E-state index in [2.05, 4.69) is 25.7 Å². The van der Waals surface area contributed by atoms with Crippen LogP contribution in [0.5, 0.6) is 0 Å². The number of aromatic nitrogens is 3. The Morgan fingerprint density at radius 1 is 1.33 bits per heavy atom. The van der Waals surface area contributed by atoms with Crippen molar-refractivity contribution in [1.82, 2.24) is 15.2 Å². The van der Waals surface area contributed by atoms with E-state index in [1.807, 2.05) is 0 Å². The summed E-state index contributed by atoms with van der Waals surface area (Å²) in [4.78, 5) is 14.5. The molecule has 1 aromatic carbocycles. The van der Waals surface area contributed by atoms with Crippen LogP contribution >= 0.6 is 23.2 Å². The Kier molecular flexibility index (Phi) is 3.91. The fourth-order valence-electron chi connectivity index (χ4n) is 1.16. The Hall–Kier alpha value is -1.92. The quantitative estimate of drug-likeness (QED) is 0.666. The zero-order chi connectivity index (χ0) is 13.0. The highest BCUT2D eigenvalue weighted by atomic mass is 35.5. The third kappa shape index (κ3) is 3.06. The van der Waals surface area contributed by atoms with Crippen molar-refractivity contribution in [2.75, 3.05) is 5.43 Å². The van der Waals surface area contributed by atoms with Crippen molar-refractivity contribution in [3.8, 4) is 0 Å². The van der Waals surface area contributed by atoms with Gasteiger partial charge in [-0.15, -0.1) is 0 Å². The van der Waals surface area contributed by atoms with E-state index in [-0.39, 0.29) is 5.82 Å². The smallest absolute Gasteiger partial charge is 0.260 e. The lowest BCUT2D eigenvalue weighted by Gasteiger charge is -2.00. The molecule has 0 atom stereocenters. The number of halogens is 2. The number of rotatable bonds is 3. The number of hydrogen-bond donors (Lipinski definition) is 2. The topological polar surface area (TPSA) is 83.0 Å². The summed E-state index contributed by atoms with van der Waals surface area (Å²) >= 11 is 11.9. The zero-order valence-electron chi connectivity index (χ0n) is 8.89. The Bertz CT molecular complexity index is 620. The second-order valence-corrected chi connectivity index (χ2v) is 3.99. The van der Waals surface area contributed by atoms with Gasteiger partial charge >= 0.3 is 5.69 Å². The van der Waals surface area contributed by atoms with Gasteiger partial charge in [-0.1, -0.05) is 29.3 Å². The molecule has 0 unspecified atom stereocenters. The van der Waals surface area contributed by atoms with Gasteiger partial charge in [-0.25, -0.2) is 9.89 Å². The van der Waals surface area contributed by atoms with E-state index >= 15 is 0 Å². The number of hydrazone groups is 1. The van der Waals surface area contributed by atoms with E-state index in [9.17, 15) is 4.79 Å². The maximum absolute atomic E-state index is 10.9. The molecule has 2 aromatic rings. The van der Waals surface area contributed by atoms with Crippen LogP contribution in [0, 0.1) is 0 Å². The van der Waals surface area contributed by atoms with Gasteiger partial charge < -0.3 is 0 Å². The maximum Gasteiger partial charge on any atom is 0.363 e. The van der Waals surface area contributed by atoms with Gasteiger partial charge in [0.1, 0.15) is 0 Å². The molecule has 0 radical (unpaired) electrons. The van der Waals surface area contributed by atoms with Crippen molar-refractivity contribution in [3.05, 3.63) is 50.5 Å². The van der Waals surface area contributed by atoms with E-state index in [1.54, 1.807) is 18.2 Å². The number of hydrogen-bond acceptors (Lipinski definition) is 5. The molecule has 0 amide bonds. The summed E-state index contributed by atoms with van der Waals surface area (Å²) in [5, 5.41) is 10.5. The summed E-state index contributed by atoms with van der Waals surface area (Å²) < 4.78 is 0. The first-order valence-electron chi connectivity index (χ1n) is 4.81. The third-order valence-corrected chi connectivity index (χ3v) is 2.60. The van der Waals surface area contributed by atoms with Crippen molar-refractivity contribution in [3.63, 3.8) is 0 Å². The predicted molar refractivity (Wildman–Crippen MR) is 70.3 cm³/mol. The monoisotopic (exact) mass is 283 g/mol. The van der Waals surface area contributed by atoms with Crippen molar-refractivity contribution in [2.24, 2.45) is 5.10 Å². The lowest BCUT2D eigenvalue weighted by molar-refractivity contribution is 0.913. The van der Waals surface area contributed by atoms with Gasteiger partial charge in [0, 0.05) is 5.56 Å². The molecule has 0 aliphatic carbocycles. The van der Waals surface area contributed by atoms with Crippen molar-refractivity contribution >= 4 is 35.2 Å².